The van der Waals surface area contributed by atoms with Gasteiger partial charge in [0.15, 0.2) is 0 Å². The van der Waals surface area contributed by atoms with E-state index < -0.39 is 16.1 Å². The number of unbranched alkanes of at least 4 members (excludes halogenated alkanes) is 1. The maximum atomic E-state index is 13.5. The number of carbonyl (C=O) groups excluding carboxylic acids is 2. The lowest BCUT2D eigenvalue weighted by molar-refractivity contribution is -0.141. The van der Waals surface area contributed by atoms with Gasteiger partial charge < -0.3 is 10.2 Å². The lowest BCUT2D eigenvalue weighted by Crippen LogP contribution is -2.49. The summed E-state index contributed by atoms with van der Waals surface area (Å²) in [4.78, 5) is 28.1. The Balaban J connectivity index is 2.26. The van der Waals surface area contributed by atoms with Crippen LogP contribution in [0.1, 0.15) is 62.6 Å². The quantitative estimate of drug-likeness (QED) is 0.281. The van der Waals surface area contributed by atoms with Crippen LogP contribution < -0.4 is 9.62 Å². The van der Waals surface area contributed by atoms with Crippen molar-refractivity contribution < 1.29 is 18.0 Å². The molecule has 2 aromatic carbocycles. The molecule has 2 amide bonds. The second-order valence-corrected chi connectivity index (χ2v) is 12.3. The minimum absolute atomic E-state index is 0.0803. The maximum Gasteiger partial charge on any atom is 0.242 e. The average molecular weight is 585 g/mol. The van der Waals surface area contributed by atoms with E-state index in [4.69, 9.17) is 23.2 Å². The number of carbonyl (C=O) groups is 2. The lowest BCUT2D eigenvalue weighted by Gasteiger charge is -2.31. The molecule has 0 bridgehead atoms. The third kappa shape index (κ3) is 9.17. The number of benzene rings is 2. The molecule has 0 saturated carbocycles. The number of aryl methyl sites for hydroxylation is 2. The summed E-state index contributed by atoms with van der Waals surface area (Å²) in [6, 6.07) is 10.1. The summed E-state index contributed by atoms with van der Waals surface area (Å²) in [5, 5.41) is 3.71. The zero-order valence-electron chi connectivity index (χ0n) is 22.9. The number of amides is 2. The van der Waals surface area contributed by atoms with Crippen molar-refractivity contribution in [3.63, 3.8) is 0 Å². The molecule has 0 unspecified atom stereocenters. The molecule has 0 spiro atoms. The number of nitrogens with one attached hydrogen (secondary N) is 1. The highest BCUT2D eigenvalue weighted by molar-refractivity contribution is 7.92. The van der Waals surface area contributed by atoms with Gasteiger partial charge in [0.05, 0.1) is 22.0 Å². The predicted octanol–water partition coefficient (Wildman–Crippen LogP) is 5.88. The normalized spacial score (nSPS) is 12.2. The van der Waals surface area contributed by atoms with Crippen molar-refractivity contribution in [2.45, 2.75) is 72.4 Å². The van der Waals surface area contributed by atoms with Gasteiger partial charge in [0, 0.05) is 26.1 Å². The fourth-order valence-corrected chi connectivity index (χ4v) is 5.57. The topological polar surface area (TPSA) is 86.8 Å². The molecule has 7 nitrogen and oxygen atoms in total. The van der Waals surface area contributed by atoms with E-state index in [9.17, 15) is 18.0 Å². The highest BCUT2D eigenvalue weighted by Crippen LogP contribution is 2.26. The van der Waals surface area contributed by atoms with E-state index in [1.165, 1.54) is 10.6 Å². The second kappa shape index (κ2) is 14.8. The molecule has 38 heavy (non-hydrogen) atoms. The van der Waals surface area contributed by atoms with E-state index in [1.807, 2.05) is 45.9 Å². The zero-order valence-corrected chi connectivity index (χ0v) is 25.2. The van der Waals surface area contributed by atoms with Crippen LogP contribution in [0, 0.1) is 13.8 Å². The van der Waals surface area contributed by atoms with Gasteiger partial charge in [-0.25, -0.2) is 8.42 Å². The summed E-state index contributed by atoms with van der Waals surface area (Å²) in [5.41, 5.74) is 3.14. The predicted molar refractivity (Wildman–Crippen MR) is 156 cm³/mol. The smallest absolute Gasteiger partial charge is 0.242 e. The molecule has 0 aliphatic rings. The summed E-state index contributed by atoms with van der Waals surface area (Å²) >= 11 is 12.3. The largest absolute Gasteiger partial charge is 0.354 e. The number of hydrogen-bond acceptors (Lipinski definition) is 4. The number of hydrogen-bond donors (Lipinski definition) is 1. The fourth-order valence-electron chi connectivity index (χ4n) is 4.23. The zero-order chi connectivity index (χ0) is 28.5. The molecule has 0 radical (unpaired) electrons. The third-order valence-electron chi connectivity index (χ3n) is 6.34. The second-order valence-electron chi connectivity index (χ2n) is 9.57. The third-order valence-corrected chi connectivity index (χ3v) is 8.26. The van der Waals surface area contributed by atoms with Gasteiger partial charge in [0.25, 0.3) is 0 Å². The first kappa shape index (κ1) is 31.9. The summed E-state index contributed by atoms with van der Waals surface area (Å²) in [7, 11) is -3.56. The first-order valence-electron chi connectivity index (χ1n) is 12.9. The molecule has 2 rings (SSSR count). The summed E-state index contributed by atoms with van der Waals surface area (Å²) < 4.78 is 26.6. The van der Waals surface area contributed by atoms with Crippen LogP contribution in [0.5, 0.6) is 0 Å². The van der Waals surface area contributed by atoms with Crippen molar-refractivity contribution in [3.05, 3.63) is 63.1 Å². The monoisotopic (exact) mass is 583 g/mol. The van der Waals surface area contributed by atoms with Crippen LogP contribution in [-0.4, -0.2) is 50.5 Å². The van der Waals surface area contributed by atoms with E-state index in [0.29, 0.717) is 35.1 Å². The van der Waals surface area contributed by atoms with E-state index in [0.717, 1.165) is 29.5 Å². The fraction of sp³-hybridized carbons (Fsp3) is 0.500. The molecular formula is C28H39Cl2N3O4S. The molecule has 0 fully saturated rings. The van der Waals surface area contributed by atoms with Crippen molar-refractivity contribution in [2.75, 3.05) is 23.7 Å². The Morgan fingerprint density at radius 3 is 2.32 bits per heavy atom. The van der Waals surface area contributed by atoms with Crippen LogP contribution in [0.4, 0.5) is 5.69 Å². The molecule has 0 saturated heterocycles. The van der Waals surface area contributed by atoms with Gasteiger partial charge in [-0.1, -0.05) is 61.7 Å². The Morgan fingerprint density at radius 2 is 1.71 bits per heavy atom. The summed E-state index contributed by atoms with van der Waals surface area (Å²) in [5.74, 6) is -0.439. The minimum atomic E-state index is -3.56. The average Bonchev–Trinajstić information content (AvgIpc) is 2.85. The van der Waals surface area contributed by atoms with Crippen LogP contribution in [0.15, 0.2) is 36.4 Å². The first-order chi connectivity index (χ1) is 17.9. The molecule has 1 atom stereocenters. The highest BCUT2D eigenvalue weighted by Gasteiger charge is 2.29. The Hall–Kier alpha value is -2.29. The molecule has 210 valence electrons. The van der Waals surface area contributed by atoms with E-state index in [1.54, 1.807) is 23.1 Å². The lowest BCUT2D eigenvalue weighted by atomic mass is 10.1. The summed E-state index contributed by atoms with van der Waals surface area (Å²) in [6.07, 6.45) is 3.77. The molecule has 0 aliphatic carbocycles. The van der Waals surface area contributed by atoms with Crippen LogP contribution in [0.2, 0.25) is 10.0 Å². The molecular weight excluding hydrogens is 545 g/mol. The number of rotatable bonds is 14. The van der Waals surface area contributed by atoms with Gasteiger partial charge in [-0.2, -0.15) is 0 Å². The Bertz CT molecular complexity index is 1220. The Morgan fingerprint density at radius 1 is 1.00 bits per heavy atom. The molecule has 0 heterocycles. The van der Waals surface area contributed by atoms with Crippen LogP contribution in [-0.2, 0) is 26.2 Å². The standard InChI is InChI=1S/C28H39Cl2N3O4S/c1-6-8-15-31-28(35)25(7-2)32(19-22-13-14-23(29)24(30)18-22)27(34)10-9-16-33(38(5,36)37)26-17-20(3)11-12-21(26)4/h11-14,17-18,25H,6-10,15-16,19H2,1-5H3,(H,31,35)/t25-/m1/s1. The van der Waals surface area contributed by atoms with Crippen molar-refractivity contribution in [1.29, 1.82) is 0 Å². The van der Waals surface area contributed by atoms with E-state index in [-0.39, 0.29) is 31.3 Å². The highest BCUT2D eigenvalue weighted by atomic mass is 35.5. The molecule has 2 aromatic rings. The van der Waals surface area contributed by atoms with Crippen LogP contribution in [0.3, 0.4) is 0 Å². The van der Waals surface area contributed by atoms with Crippen molar-refractivity contribution >= 4 is 50.7 Å². The number of nitrogens with zero attached hydrogens (tertiary/aromatic N) is 2. The number of anilines is 1. The SMILES string of the molecule is CCCCNC(=O)[C@@H](CC)N(Cc1ccc(Cl)c(Cl)c1)C(=O)CCCN(c1cc(C)ccc1C)S(C)(=O)=O. The number of halogens is 2. The van der Waals surface area contributed by atoms with Crippen LogP contribution >= 0.6 is 23.2 Å². The van der Waals surface area contributed by atoms with Gasteiger partial charge in [-0.05, 0) is 68.0 Å². The molecule has 0 aromatic heterocycles. The maximum absolute atomic E-state index is 13.5. The van der Waals surface area contributed by atoms with Gasteiger partial charge in [-0.15, -0.1) is 0 Å². The molecule has 1 N–H and O–H groups in total. The van der Waals surface area contributed by atoms with Gasteiger partial charge in [0.2, 0.25) is 21.8 Å². The van der Waals surface area contributed by atoms with E-state index in [2.05, 4.69) is 5.32 Å². The van der Waals surface area contributed by atoms with Crippen molar-refractivity contribution in [2.24, 2.45) is 0 Å². The first-order valence-corrected chi connectivity index (χ1v) is 15.6. The summed E-state index contributed by atoms with van der Waals surface area (Å²) in [6.45, 7) is 8.55. The van der Waals surface area contributed by atoms with Gasteiger partial charge in [-0.3, -0.25) is 13.9 Å². The Kier molecular flexibility index (Phi) is 12.4. The van der Waals surface area contributed by atoms with Crippen molar-refractivity contribution in [1.82, 2.24) is 10.2 Å². The van der Waals surface area contributed by atoms with Gasteiger partial charge >= 0.3 is 0 Å². The molecule has 0 aliphatic heterocycles. The number of sulfonamides is 1. The van der Waals surface area contributed by atoms with E-state index >= 15 is 0 Å². The Labute approximate surface area is 237 Å². The molecule has 10 heteroatoms. The van der Waals surface area contributed by atoms with Crippen molar-refractivity contribution in [3.8, 4) is 0 Å². The van der Waals surface area contributed by atoms with Crippen LogP contribution in [0.25, 0.3) is 0 Å². The minimum Gasteiger partial charge on any atom is -0.354 e. The van der Waals surface area contributed by atoms with Gasteiger partial charge in [0.1, 0.15) is 6.04 Å².